The van der Waals surface area contributed by atoms with Crippen molar-refractivity contribution in [3.05, 3.63) is 58.1 Å². The van der Waals surface area contributed by atoms with Crippen molar-refractivity contribution in [1.82, 2.24) is 9.55 Å². The van der Waals surface area contributed by atoms with E-state index in [1.165, 1.54) is 12.1 Å². The highest BCUT2D eigenvalue weighted by atomic mass is 79.9. The van der Waals surface area contributed by atoms with Gasteiger partial charge in [0, 0.05) is 10.2 Å². The molecule has 2 aromatic carbocycles. The molecular formula is C15H8BrClFN3. The summed E-state index contributed by atoms with van der Waals surface area (Å²) in [7, 11) is 0. The van der Waals surface area contributed by atoms with Crippen molar-refractivity contribution < 1.29 is 4.39 Å². The zero-order valence-corrected chi connectivity index (χ0v) is 13.0. The van der Waals surface area contributed by atoms with Crippen LogP contribution in [0.3, 0.4) is 0 Å². The van der Waals surface area contributed by atoms with Crippen LogP contribution >= 0.6 is 27.5 Å². The monoisotopic (exact) mass is 363 g/mol. The van der Waals surface area contributed by atoms with Crippen LogP contribution in [0.1, 0.15) is 11.4 Å². The van der Waals surface area contributed by atoms with Crippen LogP contribution in [0.15, 0.2) is 40.9 Å². The maximum Gasteiger partial charge on any atom is 0.141 e. The number of hydrogen-bond acceptors (Lipinski definition) is 2. The van der Waals surface area contributed by atoms with Crippen molar-refractivity contribution in [1.29, 1.82) is 5.26 Å². The van der Waals surface area contributed by atoms with Crippen molar-refractivity contribution in [2.24, 2.45) is 0 Å². The molecule has 3 aromatic rings. The molecule has 104 valence electrons. The predicted molar refractivity (Wildman–Crippen MR) is 83.0 cm³/mol. The molecule has 0 spiro atoms. The first kappa shape index (κ1) is 14.1. The molecule has 21 heavy (non-hydrogen) atoms. The second-order valence-electron chi connectivity index (χ2n) is 4.41. The number of rotatable bonds is 2. The van der Waals surface area contributed by atoms with Gasteiger partial charge < -0.3 is 0 Å². The van der Waals surface area contributed by atoms with Crippen LogP contribution in [-0.2, 0) is 5.88 Å². The Hall–Kier alpha value is -1.90. The van der Waals surface area contributed by atoms with Crippen LogP contribution in [0.4, 0.5) is 4.39 Å². The van der Waals surface area contributed by atoms with E-state index in [1.54, 1.807) is 6.07 Å². The van der Waals surface area contributed by atoms with Crippen molar-refractivity contribution >= 4 is 38.6 Å². The van der Waals surface area contributed by atoms with Gasteiger partial charge >= 0.3 is 0 Å². The van der Waals surface area contributed by atoms with Gasteiger partial charge in [0.25, 0.3) is 0 Å². The van der Waals surface area contributed by atoms with Crippen molar-refractivity contribution in [2.75, 3.05) is 0 Å². The molecule has 0 aliphatic heterocycles. The van der Waals surface area contributed by atoms with Crippen molar-refractivity contribution in [2.45, 2.75) is 5.88 Å². The summed E-state index contributed by atoms with van der Waals surface area (Å²) in [5, 5.41) is 8.97. The summed E-state index contributed by atoms with van der Waals surface area (Å²) in [4.78, 5) is 4.47. The predicted octanol–water partition coefficient (Wildman–Crippen LogP) is 4.54. The number of aromatic nitrogens is 2. The number of hydrogen-bond donors (Lipinski definition) is 0. The Bertz CT molecular complexity index is 882. The third-order valence-electron chi connectivity index (χ3n) is 3.13. The van der Waals surface area contributed by atoms with E-state index in [-0.39, 0.29) is 11.4 Å². The molecule has 0 N–H and O–H groups in total. The van der Waals surface area contributed by atoms with Gasteiger partial charge in [-0.15, -0.1) is 11.6 Å². The highest BCUT2D eigenvalue weighted by Gasteiger charge is 2.13. The zero-order chi connectivity index (χ0) is 15.0. The Balaban J connectivity index is 2.31. The van der Waals surface area contributed by atoms with E-state index < -0.39 is 5.82 Å². The Morgan fingerprint density at radius 1 is 1.29 bits per heavy atom. The fourth-order valence-electron chi connectivity index (χ4n) is 2.22. The maximum atomic E-state index is 13.5. The molecule has 0 unspecified atom stereocenters. The Labute approximate surface area is 133 Å². The van der Waals surface area contributed by atoms with Gasteiger partial charge in [-0.1, -0.05) is 15.9 Å². The van der Waals surface area contributed by atoms with E-state index in [1.807, 2.05) is 28.8 Å². The summed E-state index contributed by atoms with van der Waals surface area (Å²) < 4.78 is 16.2. The van der Waals surface area contributed by atoms with Crippen LogP contribution in [0, 0.1) is 17.1 Å². The lowest BCUT2D eigenvalue weighted by Crippen LogP contribution is -2.00. The molecule has 1 aromatic heterocycles. The fourth-order valence-corrected chi connectivity index (χ4v) is 2.75. The molecule has 0 bridgehead atoms. The van der Waals surface area contributed by atoms with Crippen molar-refractivity contribution in [3.63, 3.8) is 0 Å². The normalized spacial score (nSPS) is 10.8. The lowest BCUT2D eigenvalue weighted by atomic mass is 10.2. The Morgan fingerprint density at radius 3 is 2.81 bits per heavy atom. The average Bonchev–Trinajstić information content (AvgIpc) is 2.85. The number of alkyl halides is 1. The lowest BCUT2D eigenvalue weighted by Gasteiger charge is -2.08. The minimum absolute atomic E-state index is 0.00742. The number of halogens is 3. The molecular weight excluding hydrogens is 357 g/mol. The van der Waals surface area contributed by atoms with Gasteiger partial charge in [0.2, 0.25) is 0 Å². The number of benzene rings is 2. The van der Waals surface area contributed by atoms with Gasteiger partial charge in [-0.05, 0) is 36.4 Å². The van der Waals surface area contributed by atoms with E-state index in [9.17, 15) is 4.39 Å². The number of nitrogens with zero attached hydrogens (tertiary/aromatic N) is 3. The Morgan fingerprint density at radius 2 is 2.10 bits per heavy atom. The van der Waals surface area contributed by atoms with Crippen LogP contribution in [-0.4, -0.2) is 9.55 Å². The molecule has 3 nitrogen and oxygen atoms in total. The highest BCUT2D eigenvalue weighted by molar-refractivity contribution is 9.10. The third-order valence-corrected chi connectivity index (χ3v) is 3.87. The van der Waals surface area contributed by atoms with Gasteiger partial charge in [0.15, 0.2) is 0 Å². The molecule has 0 aliphatic rings. The first-order valence-corrected chi connectivity index (χ1v) is 7.39. The molecule has 0 aliphatic carbocycles. The number of nitriles is 1. The standard InChI is InChI=1S/C15H8BrClFN3/c16-10-1-4-14-13(6-10)20-15(7-17)21(14)11-2-3-12(18)9(5-11)8-19/h1-6H,7H2. The van der Waals surface area contributed by atoms with E-state index in [0.717, 1.165) is 15.5 Å². The molecule has 1 heterocycles. The molecule has 0 fully saturated rings. The smallest absolute Gasteiger partial charge is 0.141 e. The zero-order valence-electron chi connectivity index (χ0n) is 10.6. The summed E-state index contributed by atoms with van der Waals surface area (Å²) in [5.41, 5.74) is 2.28. The first-order chi connectivity index (χ1) is 10.1. The molecule has 0 radical (unpaired) electrons. The molecule has 0 amide bonds. The van der Waals surface area contributed by atoms with Crippen LogP contribution < -0.4 is 0 Å². The molecule has 6 heteroatoms. The minimum Gasteiger partial charge on any atom is -0.295 e. The van der Waals surface area contributed by atoms with Crippen molar-refractivity contribution in [3.8, 4) is 11.8 Å². The second-order valence-corrected chi connectivity index (χ2v) is 5.59. The molecule has 0 saturated heterocycles. The van der Waals surface area contributed by atoms with Gasteiger partial charge in [0.05, 0.1) is 22.5 Å². The van der Waals surface area contributed by atoms with Crippen LogP contribution in [0.2, 0.25) is 0 Å². The maximum absolute atomic E-state index is 13.5. The fraction of sp³-hybridized carbons (Fsp3) is 0.0667. The number of fused-ring (bicyclic) bond motifs is 1. The largest absolute Gasteiger partial charge is 0.295 e. The molecule has 0 atom stereocenters. The third kappa shape index (κ3) is 2.41. The number of imidazole rings is 1. The molecule has 3 rings (SSSR count). The summed E-state index contributed by atoms with van der Waals surface area (Å²) in [6.07, 6.45) is 0. The van der Waals surface area contributed by atoms with E-state index in [0.29, 0.717) is 11.5 Å². The van der Waals surface area contributed by atoms with E-state index >= 15 is 0 Å². The quantitative estimate of drug-likeness (QED) is 0.627. The van der Waals surface area contributed by atoms with E-state index in [2.05, 4.69) is 20.9 Å². The Kier molecular flexibility index (Phi) is 3.66. The summed E-state index contributed by atoms with van der Waals surface area (Å²) >= 11 is 9.37. The highest BCUT2D eigenvalue weighted by Crippen LogP contribution is 2.26. The summed E-state index contributed by atoms with van der Waals surface area (Å²) in [6.45, 7) is 0. The lowest BCUT2D eigenvalue weighted by molar-refractivity contribution is 0.623. The van der Waals surface area contributed by atoms with Gasteiger partial charge in [-0.25, -0.2) is 9.37 Å². The summed E-state index contributed by atoms with van der Waals surface area (Å²) in [5.74, 6) is 0.312. The van der Waals surface area contributed by atoms with E-state index in [4.69, 9.17) is 16.9 Å². The first-order valence-electron chi connectivity index (χ1n) is 6.07. The molecule has 0 saturated carbocycles. The SMILES string of the molecule is N#Cc1cc(-n2c(CCl)nc3cc(Br)ccc32)ccc1F. The van der Waals surface area contributed by atoms with Gasteiger partial charge in [-0.3, -0.25) is 4.57 Å². The summed E-state index contributed by atoms with van der Waals surface area (Å²) in [6, 6.07) is 11.9. The van der Waals surface area contributed by atoms with Crippen LogP contribution in [0.25, 0.3) is 16.7 Å². The average molecular weight is 365 g/mol. The topological polar surface area (TPSA) is 41.6 Å². The van der Waals surface area contributed by atoms with Gasteiger partial charge in [0.1, 0.15) is 17.7 Å². The minimum atomic E-state index is -0.541. The second kappa shape index (κ2) is 5.47. The van der Waals surface area contributed by atoms with Gasteiger partial charge in [-0.2, -0.15) is 5.26 Å². The van der Waals surface area contributed by atoms with Crippen LogP contribution in [0.5, 0.6) is 0 Å².